The molecule has 0 bridgehead atoms. The molecule has 0 spiro atoms. The van der Waals surface area contributed by atoms with Gasteiger partial charge < -0.3 is 29.6 Å². The van der Waals surface area contributed by atoms with E-state index < -0.39 is 42.6 Å². The Kier molecular flexibility index (Phi) is 8.31. The Balaban J connectivity index is 1.79. The predicted molar refractivity (Wildman–Crippen MR) is 132 cm³/mol. The van der Waals surface area contributed by atoms with Crippen LogP contribution in [0, 0.1) is 12.8 Å². The van der Waals surface area contributed by atoms with Crippen LogP contribution in [0.5, 0.6) is 11.5 Å². The van der Waals surface area contributed by atoms with Crippen LogP contribution in [0.15, 0.2) is 51.7 Å². The highest BCUT2D eigenvalue weighted by atomic mass is 16.5. The van der Waals surface area contributed by atoms with Crippen LogP contribution in [0.1, 0.15) is 19.4 Å². The van der Waals surface area contributed by atoms with Crippen molar-refractivity contribution in [2.45, 2.75) is 26.8 Å². The first kappa shape index (κ1) is 26.3. The van der Waals surface area contributed by atoms with Crippen LogP contribution in [0.3, 0.4) is 0 Å². The monoisotopic (exact) mass is 496 g/mol. The fraction of sp³-hybridized carbons (Fsp3) is 0.308. The molecule has 0 aliphatic heterocycles. The predicted octanol–water partition coefficient (Wildman–Crippen LogP) is 2.50. The number of aliphatic carboxylic acids is 1. The summed E-state index contributed by atoms with van der Waals surface area (Å²) < 4.78 is 16.3. The molecule has 3 rings (SSSR count). The molecule has 3 N–H and O–H groups in total. The lowest BCUT2D eigenvalue weighted by Crippen LogP contribution is -2.51. The molecule has 0 aliphatic carbocycles. The van der Waals surface area contributed by atoms with Gasteiger partial charge in [-0.1, -0.05) is 26.0 Å². The summed E-state index contributed by atoms with van der Waals surface area (Å²) in [6.45, 7) is 4.22. The molecular formula is C26H28N2O8. The van der Waals surface area contributed by atoms with E-state index in [1.54, 1.807) is 52.1 Å². The van der Waals surface area contributed by atoms with Crippen molar-refractivity contribution in [1.82, 2.24) is 10.6 Å². The molecule has 3 aromatic rings. The minimum atomic E-state index is -1.19. The maximum absolute atomic E-state index is 12.5. The number of hydrogen-bond donors (Lipinski definition) is 3. The number of nitrogens with one attached hydrogen (secondary N) is 2. The van der Waals surface area contributed by atoms with E-state index in [1.165, 1.54) is 6.07 Å². The second kappa shape index (κ2) is 11.4. The SMILES string of the molecule is COc1ccc(-c2cc(=O)oc3c(C)c(OCC(=O)N[C@H](C(=O)NCC(=O)O)C(C)C)ccc23)cc1. The van der Waals surface area contributed by atoms with Gasteiger partial charge in [0.2, 0.25) is 5.91 Å². The molecule has 0 radical (unpaired) electrons. The van der Waals surface area contributed by atoms with Crippen molar-refractivity contribution in [2.24, 2.45) is 5.92 Å². The van der Waals surface area contributed by atoms with Gasteiger partial charge in [-0.15, -0.1) is 0 Å². The van der Waals surface area contributed by atoms with E-state index in [4.69, 9.17) is 19.0 Å². The standard InChI is InChI=1S/C26H28N2O8/c1-14(2)24(26(33)27-12-22(30)31)28-21(29)13-35-20-10-9-18-19(11-23(32)36-25(18)15(20)3)16-5-7-17(34-4)8-6-16/h5-11,14,24H,12-13H2,1-4H3,(H,27,33)(H,28,29)(H,30,31)/t24-/m0/s1. The van der Waals surface area contributed by atoms with Gasteiger partial charge in [0, 0.05) is 17.0 Å². The third-order valence-corrected chi connectivity index (χ3v) is 5.55. The summed E-state index contributed by atoms with van der Waals surface area (Å²) in [6.07, 6.45) is 0. The number of aryl methyl sites for hydroxylation is 1. The first-order valence-corrected chi connectivity index (χ1v) is 11.2. The zero-order valence-electron chi connectivity index (χ0n) is 20.4. The minimum absolute atomic E-state index is 0.282. The van der Waals surface area contributed by atoms with Gasteiger partial charge in [0.15, 0.2) is 6.61 Å². The number of rotatable bonds is 10. The Morgan fingerprint density at radius 1 is 1.08 bits per heavy atom. The van der Waals surface area contributed by atoms with Crippen LogP contribution in [0.2, 0.25) is 0 Å². The lowest BCUT2D eigenvalue weighted by atomic mass is 10.00. The van der Waals surface area contributed by atoms with Crippen molar-refractivity contribution in [2.75, 3.05) is 20.3 Å². The summed E-state index contributed by atoms with van der Waals surface area (Å²) >= 11 is 0. The van der Waals surface area contributed by atoms with Crippen molar-refractivity contribution in [3.63, 3.8) is 0 Å². The summed E-state index contributed by atoms with van der Waals surface area (Å²) in [5.74, 6) is -1.60. The van der Waals surface area contributed by atoms with E-state index >= 15 is 0 Å². The van der Waals surface area contributed by atoms with Crippen molar-refractivity contribution in [3.05, 3.63) is 58.4 Å². The number of carboxylic acids is 1. The lowest BCUT2D eigenvalue weighted by Gasteiger charge is -2.21. The second-order valence-electron chi connectivity index (χ2n) is 8.46. The highest BCUT2D eigenvalue weighted by Gasteiger charge is 2.25. The summed E-state index contributed by atoms with van der Waals surface area (Å²) in [4.78, 5) is 47.7. The number of ether oxygens (including phenoxy) is 2. The maximum atomic E-state index is 12.5. The van der Waals surface area contributed by atoms with Crippen LogP contribution < -0.4 is 25.7 Å². The van der Waals surface area contributed by atoms with E-state index in [0.29, 0.717) is 33.6 Å². The number of fused-ring (bicyclic) bond motifs is 1. The Bertz CT molecular complexity index is 1330. The number of benzene rings is 2. The van der Waals surface area contributed by atoms with Gasteiger partial charge in [-0.3, -0.25) is 14.4 Å². The number of carbonyl (C=O) groups is 3. The van der Waals surface area contributed by atoms with Crippen molar-refractivity contribution in [3.8, 4) is 22.6 Å². The average Bonchev–Trinajstić information content (AvgIpc) is 2.85. The maximum Gasteiger partial charge on any atom is 0.336 e. The van der Waals surface area contributed by atoms with Gasteiger partial charge in [0.25, 0.3) is 5.91 Å². The number of hydrogen-bond acceptors (Lipinski definition) is 7. The molecule has 1 aromatic heterocycles. The Morgan fingerprint density at radius 2 is 1.78 bits per heavy atom. The van der Waals surface area contributed by atoms with Gasteiger partial charge in [-0.05, 0) is 48.2 Å². The smallest absolute Gasteiger partial charge is 0.336 e. The van der Waals surface area contributed by atoms with E-state index in [9.17, 15) is 19.2 Å². The first-order valence-electron chi connectivity index (χ1n) is 11.2. The molecule has 2 aromatic carbocycles. The number of amides is 2. The largest absolute Gasteiger partial charge is 0.497 e. The Hall–Kier alpha value is -4.34. The van der Waals surface area contributed by atoms with E-state index in [0.717, 1.165) is 5.56 Å². The summed E-state index contributed by atoms with van der Waals surface area (Å²) in [5.41, 5.74) is 1.83. The number of carboxylic acid groups (broad SMARTS) is 1. The van der Waals surface area contributed by atoms with Gasteiger partial charge in [0.1, 0.15) is 29.7 Å². The van der Waals surface area contributed by atoms with Crippen LogP contribution in [-0.4, -0.2) is 49.2 Å². The Morgan fingerprint density at radius 3 is 2.39 bits per heavy atom. The van der Waals surface area contributed by atoms with Gasteiger partial charge in [-0.2, -0.15) is 0 Å². The molecule has 0 fully saturated rings. The van der Waals surface area contributed by atoms with Crippen LogP contribution in [0.25, 0.3) is 22.1 Å². The lowest BCUT2D eigenvalue weighted by molar-refractivity contribution is -0.138. The molecular weight excluding hydrogens is 468 g/mol. The molecule has 0 aliphatic rings. The molecule has 36 heavy (non-hydrogen) atoms. The number of methoxy groups -OCH3 is 1. The molecule has 0 unspecified atom stereocenters. The normalized spacial score (nSPS) is 11.7. The summed E-state index contributed by atoms with van der Waals surface area (Å²) in [5, 5.41) is 14.3. The van der Waals surface area contributed by atoms with Gasteiger partial charge in [-0.25, -0.2) is 4.79 Å². The van der Waals surface area contributed by atoms with Gasteiger partial charge in [0.05, 0.1) is 7.11 Å². The average molecular weight is 497 g/mol. The van der Waals surface area contributed by atoms with E-state index in [-0.39, 0.29) is 5.92 Å². The third-order valence-electron chi connectivity index (χ3n) is 5.55. The van der Waals surface area contributed by atoms with Crippen molar-refractivity contribution >= 4 is 28.8 Å². The Labute approximate surface area is 207 Å². The fourth-order valence-electron chi connectivity index (χ4n) is 3.67. The fourth-order valence-corrected chi connectivity index (χ4v) is 3.67. The van der Waals surface area contributed by atoms with Crippen LogP contribution in [-0.2, 0) is 14.4 Å². The highest BCUT2D eigenvalue weighted by Crippen LogP contribution is 2.33. The van der Waals surface area contributed by atoms with Crippen LogP contribution >= 0.6 is 0 Å². The van der Waals surface area contributed by atoms with Crippen LogP contribution in [0.4, 0.5) is 0 Å². The quantitative estimate of drug-likeness (QED) is 0.363. The zero-order valence-corrected chi connectivity index (χ0v) is 20.4. The molecule has 2 amide bonds. The summed E-state index contributed by atoms with van der Waals surface area (Å²) in [6, 6.07) is 11.2. The summed E-state index contributed by atoms with van der Waals surface area (Å²) in [7, 11) is 1.57. The number of carbonyl (C=O) groups excluding carboxylic acids is 2. The van der Waals surface area contributed by atoms with E-state index in [2.05, 4.69) is 10.6 Å². The minimum Gasteiger partial charge on any atom is -0.497 e. The zero-order chi connectivity index (χ0) is 26.4. The van der Waals surface area contributed by atoms with Crippen molar-refractivity contribution < 1.29 is 33.4 Å². The second-order valence-corrected chi connectivity index (χ2v) is 8.46. The molecule has 10 nitrogen and oxygen atoms in total. The highest BCUT2D eigenvalue weighted by molar-refractivity contribution is 5.96. The van der Waals surface area contributed by atoms with E-state index in [1.807, 2.05) is 12.1 Å². The molecule has 0 saturated heterocycles. The molecule has 190 valence electrons. The molecule has 1 atom stereocenters. The molecule has 1 heterocycles. The van der Waals surface area contributed by atoms with Gasteiger partial charge >= 0.3 is 11.6 Å². The molecule has 10 heteroatoms. The topological polar surface area (TPSA) is 144 Å². The van der Waals surface area contributed by atoms with Crippen molar-refractivity contribution in [1.29, 1.82) is 0 Å². The third kappa shape index (κ3) is 6.21. The molecule has 0 saturated carbocycles. The first-order chi connectivity index (χ1) is 17.1.